The van der Waals surface area contributed by atoms with Crippen molar-refractivity contribution in [1.82, 2.24) is 4.90 Å². The number of aliphatic carboxylic acids is 1. The number of carboxylic acid groups (broad SMARTS) is 1. The van der Waals surface area contributed by atoms with Crippen LogP contribution in [0.1, 0.15) is 22.6 Å². The number of benzene rings is 2. The summed E-state index contributed by atoms with van der Waals surface area (Å²) < 4.78 is 18.6. The maximum atomic E-state index is 13.8. The van der Waals surface area contributed by atoms with Crippen LogP contribution in [0.15, 0.2) is 42.5 Å². The molecule has 2 aromatic rings. The highest BCUT2D eigenvalue weighted by atomic mass is 19.1. The van der Waals surface area contributed by atoms with E-state index in [1.54, 1.807) is 18.2 Å². The fraction of sp³-hybridized carbons (Fsp3) is 0.263. The van der Waals surface area contributed by atoms with Crippen LogP contribution in [0.5, 0.6) is 5.75 Å². The van der Waals surface area contributed by atoms with Crippen LogP contribution in [0.3, 0.4) is 0 Å². The molecule has 1 amide bonds. The summed E-state index contributed by atoms with van der Waals surface area (Å²) in [6.07, 6.45) is 0.00935. The first-order valence-corrected chi connectivity index (χ1v) is 7.90. The Morgan fingerprint density at radius 2 is 2.04 bits per heavy atom. The number of rotatable bonds is 4. The fourth-order valence-electron chi connectivity index (χ4n) is 3.11. The summed E-state index contributed by atoms with van der Waals surface area (Å²) in [6.45, 7) is 0.473. The van der Waals surface area contributed by atoms with E-state index in [1.807, 2.05) is 12.1 Å². The molecule has 0 aromatic heterocycles. The van der Waals surface area contributed by atoms with E-state index in [9.17, 15) is 19.1 Å². The summed E-state index contributed by atoms with van der Waals surface area (Å²) in [5, 5.41) is 9.47. The zero-order valence-electron chi connectivity index (χ0n) is 13.7. The van der Waals surface area contributed by atoms with Crippen LogP contribution >= 0.6 is 0 Å². The predicted octanol–water partition coefficient (Wildman–Crippen LogP) is 2.59. The van der Waals surface area contributed by atoms with Gasteiger partial charge >= 0.3 is 5.97 Å². The summed E-state index contributed by atoms with van der Waals surface area (Å²) in [6, 6.07) is 11.6. The van der Waals surface area contributed by atoms with Crippen molar-refractivity contribution < 1.29 is 23.8 Å². The highest BCUT2D eigenvalue weighted by Crippen LogP contribution is 2.29. The molecule has 0 saturated heterocycles. The Morgan fingerprint density at radius 3 is 2.72 bits per heavy atom. The Morgan fingerprint density at radius 1 is 1.28 bits per heavy atom. The number of halogens is 1. The summed E-state index contributed by atoms with van der Waals surface area (Å²) in [7, 11) is 1.38. The molecule has 1 N–H and O–H groups in total. The van der Waals surface area contributed by atoms with Crippen LogP contribution < -0.4 is 4.74 Å². The molecule has 3 rings (SSSR count). The number of fused-ring (bicyclic) bond motifs is 1. The number of hydrogen-bond acceptors (Lipinski definition) is 3. The maximum Gasteiger partial charge on any atom is 0.312 e. The number of carbonyl (C=O) groups is 2. The van der Waals surface area contributed by atoms with E-state index in [4.69, 9.17) is 4.74 Å². The molecule has 1 unspecified atom stereocenters. The quantitative estimate of drug-likeness (QED) is 0.927. The summed E-state index contributed by atoms with van der Waals surface area (Å²) in [5.41, 5.74) is 2.10. The minimum Gasteiger partial charge on any atom is -0.494 e. The van der Waals surface area contributed by atoms with E-state index < -0.39 is 17.7 Å². The smallest absolute Gasteiger partial charge is 0.312 e. The van der Waals surface area contributed by atoms with Crippen LogP contribution in [-0.2, 0) is 22.6 Å². The molecule has 130 valence electrons. The third kappa shape index (κ3) is 3.47. The van der Waals surface area contributed by atoms with Gasteiger partial charge in [-0.1, -0.05) is 30.3 Å². The van der Waals surface area contributed by atoms with Gasteiger partial charge in [-0.3, -0.25) is 9.59 Å². The van der Waals surface area contributed by atoms with Gasteiger partial charge in [0, 0.05) is 13.1 Å². The molecule has 0 aliphatic carbocycles. The lowest BCUT2D eigenvalue weighted by molar-refractivity contribution is -0.141. The molecule has 0 bridgehead atoms. The Hall–Kier alpha value is -2.89. The Bertz CT molecular complexity index is 821. The van der Waals surface area contributed by atoms with Crippen molar-refractivity contribution in [2.75, 3.05) is 13.7 Å². The molecule has 1 heterocycles. The molecular weight excluding hydrogens is 325 g/mol. The normalized spacial score (nSPS) is 16.2. The van der Waals surface area contributed by atoms with E-state index in [-0.39, 0.29) is 24.6 Å². The Balaban J connectivity index is 1.79. The average Bonchev–Trinajstić information content (AvgIpc) is 2.60. The summed E-state index contributed by atoms with van der Waals surface area (Å²) in [5.74, 6) is -2.35. The zero-order chi connectivity index (χ0) is 18.0. The molecule has 0 saturated carbocycles. The van der Waals surface area contributed by atoms with Crippen molar-refractivity contribution in [2.45, 2.75) is 18.9 Å². The maximum absolute atomic E-state index is 13.8. The van der Waals surface area contributed by atoms with Gasteiger partial charge in [0.2, 0.25) is 5.91 Å². The highest BCUT2D eigenvalue weighted by molar-refractivity contribution is 5.82. The highest BCUT2D eigenvalue weighted by Gasteiger charge is 2.32. The van der Waals surface area contributed by atoms with Gasteiger partial charge in [0.15, 0.2) is 11.6 Å². The number of carbonyl (C=O) groups excluding carboxylic acids is 1. The van der Waals surface area contributed by atoms with Crippen LogP contribution in [0.2, 0.25) is 0 Å². The van der Waals surface area contributed by atoms with Gasteiger partial charge < -0.3 is 14.7 Å². The van der Waals surface area contributed by atoms with Crippen LogP contribution in [0.4, 0.5) is 4.39 Å². The van der Waals surface area contributed by atoms with Gasteiger partial charge in [-0.05, 0) is 28.8 Å². The second kappa shape index (κ2) is 6.93. The average molecular weight is 343 g/mol. The zero-order valence-corrected chi connectivity index (χ0v) is 13.7. The Kier molecular flexibility index (Phi) is 4.70. The van der Waals surface area contributed by atoms with Crippen molar-refractivity contribution in [1.29, 1.82) is 0 Å². The molecule has 1 aliphatic rings. The molecule has 0 radical (unpaired) electrons. The Labute approximate surface area is 144 Å². The number of amides is 1. The molecule has 1 atom stereocenters. The number of ether oxygens (including phenoxy) is 1. The van der Waals surface area contributed by atoms with Gasteiger partial charge in [-0.25, -0.2) is 4.39 Å². The minimum absolute atomic E-state index is 0.00935. The van der Waals surface area contributed by atoms with Gasteiger partial charge in [0.05, 0.1) is 19.4 Å². The second-order valence-electron chi connectivity index (χ2n) is 6.01. The molecule has 5 nitrogen and oxygen atoms in total. The standard InChI is InChI=1S/C19H18FNO4/c1-25-17-7-6-12(8-16(17)20)9-18(22)21-10-13-4-2-3-5-14(13)15(11-21)19(23)24/h2-8,15H,9-11H2,1H3,(H,23,24). The van der Waals surface area contributed by atoms with E-state index >= 15 is 0 Å². The lowest BCUT2D eigenvalue weighted by Crippen LogP contribution is -2.41. The molecule has 0 spiro atoms. The van der Waals surface area contributed by atoms with Gasteiger partial charge in [-0.2, -0.15) is 0 Å². The largest absolute Gasteiger partial charge is 0.494 e. The van der Waals surface area contributed by atoms with E-state index in [0.717, 1.165) is 11.1 Å². The van der Waals surface area contributed by atoms with Crippen LogP contribution in [0, 0.1) is 5.82 Å². The summed E-state index contributed by atoms with van der Waals surface area (Å²) in [4.78, 5) is 25.7. The monoisotopic (exact) mass is 343 g/mol. The molecular formula is C19H18FNO4. The van der Waals surface area contributed by atoms with Gasteiger partial charge in [-0.15, -0.1) is 0 Å². The van der Waals surface area contributed by atoms with Crippen LogP contribution in [0.25, 0.3) is 0 Å². The van der Waals surface area contributed by atoms with E-state index in [1.165, 1.54) is 24.1 Å². The van der Waals surface area contributed by atoms with Crippen molar-refractivity contribution >= 4 is 11.9 Å². The van der Waals surface area contributed by atoms with Crippen molar-refractivity contribution in [3.05, 3.63) is 65.0 Å². The predicted molar refractivity (Wildman–Crippen MR) is 88.9 cm³/mol. The number of carboxylic acids is 1. The third-order valence-electron chi connectivity index (χ3n) is 4.42. The minimum atomic E-state index is -0.958. The lowest BCUT2D eigenvalue weighted by atomic mass is 9.89. The first-order chi connectivity index (χ1) is 12.0. The third-order valence-corrected chi connectivity index (χ3v) is 4.42. The topological polar surface area (TPSA) is 66.8 Å². The second-order valence-corrected chi connectivity index (χ2v) is 6.01. The van der Waals surface area contributed by atoms with E-state index in [0.29, 0.717) is 12.1 Å². The number of methoxy groups -OCH3 is 1. The van der Waals surface area contributed by atoms with Crippen molar-refractivity contribution in [2.24, 2.45) is 0 Å². The van der Waals surface area contributed by atoms with Gasteiger partial charge in [0.1, 0.15) is 0 Å². The molecule has 6 heteroatoms. The number of hydrogen-bond donors (Lipinski definition) is 1. The molecule has 0 fully saturated rings. The SMILES string of the molecule is COc1ccc(CC(=O)N2Cc3ccccc3C(C(=O)O)C2)cc1F. The summed E-state index contributed by atoms with van der Waals surface area (Å²) >= 11 is 0. The number of nitrogens with zero attached hydrogens (tertiary/aromatic N) is 1. The van der Waals surface area contributed by atoms with Gasteiger partial charge in [0.25, 0.3) is 0 Å². The molecule has 25 heavy (non-hydrogen) atoms. The fourth-order valence-corrected chi connectivity index (χ4v) is 3.11. The molecule has 2 aromatic carbocycles. The van der Waals surface area contributed by atoms with Crippen LogP contribution in [-0.4, -0.2) is 35.5 Å². The van der Waals surface area contributed by atoms with E-state index in [2.05, 4.69) is 0 Å². The first-order valence-electron chi connectivity index (χ1n) is 7.90. The van der Waals surface area contributed by atoms with Crippen molar-refractivity contribution in [3.8, 4) is 5.75 Å². The lowest BCUT2D eigenvalue weighted by Gasteiger charge is -2.33. The molecule has 1 aliphatic heterocycles. The first kappa shape index (κ1) is 17.0. The van der Waals surface area contributed by atoms with Crippen molar-refractivity contribution in [3.63, 3.8) is 0 Å².